The Morgan fingerprint density at radius 1 is 1.11 bits per heavy atom. The number of carbonyl (C=O) groups excluding carboxylic acids is 1. The van der Waals surface area contributed by atoms with E-state index in [0.29, 0.717) is 41.5 Å². The maximum atomic E-state index is 13.9. The van der Waals surface area contributed by atoms with E-state index in [1.165, 1.54) is 18.5 Å². The van der Waals surface area contributed by atoms with Gasteiger partial charge in [-0.25, -0.2) is 9.97 Å². The number of alkyl halides is 3. The molecular weight excluding hydrogens is 499 g/mol. The number of aromatic nitrogens is 4. The van der Waals surface area contributed by atoms with Gasteiger partial charge in [-0.2, -0.15) is 18.2 Å². The van der Waals surface area contributed by atoms with Crippen molar-refractivity contribution in [2.45, 2.75) is 19.6 Å². The van der Waals surface area contributed by atoms with Crippen molar-refractivity contribution in [3.63, 3.8) is 0 Å². The maximum Gasteiger partial charge on any atom is 0.416 e. The smallest absolute Gasteiger partial charge is 0.416 e. The Balaban J connectivity index is 1.33. The summed E-state index contributed by atoms with van der Waals surface area (Å²) in [5.41, 5.74) is 0.587. The minimum Gasteiger partial charge on any atom is -0.437 e. The third-order valence-corrected chi connectivity index (χ3v) is 6.34. The SMILES string of the molecule is Cc1nc(Oc2cccc(NC(=O)c3ccc(CN4CCN(C)CC4)c(C(F)(F)F)c3)c2)c2[nH]cnc2n1. The number of hydrogen-bond donors (Lipinski definition) is 2. The van der Waals surface area contributed by atoms with Gasteiger partial charge in [0, 0.05) is 50.0 Å². The van der Waals surface area contributed by atoms with Gasteiger partial charge in [0.2, 0.25) is 5.88 Å². The molecule has 4 aromatic rings. The van der Waals surface area contributed by atoms with Gasteiger partial charge in [0.15, 0.2) is 5.65 Å². The number of fused-ring (bicyclic) bond motifs is 1. The number of H-pyrrole nitrogens is 1. The van der Waals surface area contributed by atoms with Crippen molar-refractivity contribution < 1.29 is 22.7 Å². The van der Waals surface area contributed by atoms with Crippen LogP contribution in [0.2, 0.25) is 0 Å². The van der Waals surface area contributed by atoms with E-state index in [1.54, 1.807) is 31.2 Å². The normalized spacial score (nSPS) is 15.1. The lowest BCUT2D eigenvalue weighted by atomic mass is 10.0. The minimum absolute atomic E-state index is 0.0867. The van der Waals surface area contributed by atoms with Gasteiger partial charge in [-0.3, -0.25) is 9.69 Å². The first-order chi connectivity index (χ1) is 18.2. The lowest BCUT2D eigenvalue weighted by Gasteiger charge is -2.33. The van der Waals surface area contributed by atoms with E-state index in [0.717, 1.165) is 19.2 Å². The number of nitrogens with zero attached hydrogens (tertiary/aromatic N) is 5. The summed E-state index contributed by atoms with van der Waals surface area (Å²) in [5.74, 6) is 0.447. The number of piperazine rings is 1. The number of carbonyl (C=O) groups is 1. The molecule has 38 heavy (non-hydrogen) atoms. The number of imidazole rings is 1. The molecule has 0 spiro atoms. The fourth-order valence-electron chi connectivity index (χ4n) is 4.30. The van der Waals surface area contributed by atoms with E-state index in [4.69, 9.17) is 4.74 Å². The van der Waals surface area contributed by atoms with Crippen LogP contribution in [-0.2, 0) is 12.7 Å². The standard InChI is InChI=1S/C26H26F3N7O2/c1-16-32-23-22(30-15-31-23)25(33-16)38-20-5-3-4-19(13-20)34-24(37)17-6-7-18(21(12-17)26(27,28)29)14-36-10-8-35(2)9-11-36/h3-7,12-13,15H,8-11,14H2,1-2H3,(H,34,37)(H,30,31,32,33). The van der Waals surface area contributed by atoms with Crippen molar-refractivity contribution in [3.05, 3.63) is 71.3 Å². The Bertz CT molecular complexity index is 1460. The quantitative estimate of drug-likeness (QED) is 0.383. The third kappa shape index (κ3) is 5.76. The number of rotatable bonds is 6. The molecule has 0 atom stereocenters. The van der Waals surface area contributed by atoms with Crippen LogP contribution < -0.4 is 10.1 Å². The first-order valence-electron chi connectivity index (χ1n) is 12.0. The van der Waals surface area contributed by atoms with Gasteiger partial charge < -0.3 is 19.9 Å². The molecule has 2 aromatic carbocycles. The van der Waals surface area contributed by atoms with E-state index >= 15 is 0 Å². The predicted molar refractivity (Wildman–Crippen MR) is 135 cm³/mol. The van der Waals surface area contributed by atoms with Gasteiger partial charge >= 0.3 is 6.18 Å². The molecule has 5 rings (SSSR count). The molecule has 2 aromatic heterocycles. The van der Waals surface area contributed by atoms with Gasteiger partial charge in [-0.1, -0.05) is 12.1 Å². The molecule has 1 fully saturated rings. The van der Waals surface area contributed by atoms with Gasteiger partial charge in [-0.15, -0.1) is 0 Å². The number of benzene rings is 2. The molecule has 0 saturated carbocycles. The van der Waals surface area contributed by atoms with Gasteiger partial charge in [-0.05, 0) is 43.8 Å². The summed E-state index contributed by atoms with van der Waals surface area (Å²) in [6.07, 6.45) is -3.10. The molecule has 1 amide bonds. The summed E-state index contributed by atoms with van der Waals surface area (Å²) in [6.45, 7) is 4.87. The van der Waals surface area contributed by atoms with Gasteiger partial charge in [0.1, 0.15) is 17.1 Å². The number of aryl methyl sites for hydroxylation is 1. The molecule has 1 aliphatic rings. The number of anilines is 1. The average molecular weight is 526 g/mol. The summed E-state index contributed by atoms with van der Waals surface area (Å²) < 4.78 is 47.6. The third-order valence-electron chi connectivity index (χ3n) is 6.34. The van der Waals surface area contributed by atoms with Crippen LogP contribution in [0.5, 0.6) is 11.6 Å². The summed E-state index contributed by atoms with van der Waals surface area (Å²) in [4.78, 5) is 32.6. The van der Waals surface area contributed by atoms with E-state index in [1.807, 2.05) is 11.9 Å². The number of halogens is 3. The zero-order chi connectivity index (χ0) is 26.9. The predicted octanol–water partition coefficient (Wildman–Crippen LogP) is 4.47. The fraction of sp³-hybridized carbons (Fsp3) is 0.308. The number of ether oxygens (including phenoxy) is 1. The first kappa shape index (κ1) is 25.6. The second-order valence-electron chi connectivity index (χ2n) is 9.21. The fourth-order valence-corrected chi connectivity index (χ4v) is 4.30. The molecule has 9 nitrogen and oxygen atoms in total. The van der Waals surface area contributed by atoms with Crippen LogP contribution in [0, 0.1) is 6.92 Å². The number of hydrogen-bond acceptors (Lipinski definition) is 7. The molecule has 0 bridgehead atoms. The molecule has 198 valence electrons. The maximum absolute atomic E-state index is 13.9. The van der Waals surface area contributed by atoms with Crippen molar-refractivity contribution in [2.75, 3.05) is 38.5 Å². The number of likely N-dealkylation sites (N-methyl/N-ethyl adjacent to an activating group) is 1. The molecule has 1 aliphatic heterocycles. The Morgan fingerprint density at radius 2 is 1.89 bits per heavy atom. The Kier molecular flexibility index (Phi) is 7.00. The highest BCUT2D eigenvalue weighted by Gasteiger charge is 2.34. The van der Waals surface area contributed by atoms with Gasteiger partial charge in [0.05, 0.1) is 11.9 Å². The monoisotopic (exact) mass is 525 g/mol. The van der Waals surface area contributed by atoms with E-state index in [9.17, 15) is 18.0 Å². The highest BCUT2D eigenvalue weighted by molar-refractivity contribution is 6.04. The average Bonchev–Trinajstić information content (AvgIpc) is 3.34. The second kappa shape index (κ2) is 10.4. The second-order valence-corrected chi connectivity index (χ2v) is 9.21. The van der Waals surface area contributed by atoms with Crippen molar-refractivity contribution in [3.8, 4) is 11.6 Å². The molecule has 3 heterocycles. The lowest BCUT2D eigenvalue weighted by Crippen LogP contribution is -2.44. The zero-order valence-corrected chi connectivity index (χ0v) is 20.8. The largest absolute Gasteiger partial charge is 0.437 e. The van der Waals surface area contributed by atoms with Crippen LogP contribution in [-0.4, -0.2) is 68.9 Å². The minimum atomic E-state index is -4.58. The Hall–Kier alpha value is -4.03. The van der Waals surface area contributed by atoms with Crippen LogP contribution in [0.4, 0.5) is 18.9 Å². The number of amides is 1. The molecule has 0 unspecified atom stereocenters. The van der Waals surface area contributed by atoms with Crippen LogP contribution in [0.3, 0.4) is 0 Å². The highest BCUT2D eigenvalue weighted by atomic mass is 19.4. The van der Waals surface area contributed by atoms with E-state index in [2.05, 4.69) is 30.2 Å². The summed E-state index contributed by atoms with van der Waals surface area (Å²) in [5, 5.41) is 2.66. The molecule has 1 saturated heterocycles. The molecule has 0 aliphatic carbocycles. The topological polar surface area (TPSA) is 99.3 Å². The van der Waals surface area contributed by atoms with Crippen LogP contribution >= 0.6 is 0 Å². The summed E-state index contributed by atoms with van der Waals surface area (Å²) in [6, 6.07) is 10.2. The molecule has 12 heteroatoms. The van der Waals surface area contributed by atoms with Crippen LogP contribution in [0.1, 0.15) is 27.3 Å². The Morgan fingerprint density at radius 3 is 2.66 bits per heavy atom. The Labute approximate surface area is 216 Å². The van der Waals surface area contributed by atoms with Crippen molar-refractivity contribution in [2.24, 2.45) is 0 Å². The summed E-state index contributed by atoms with van der Waals surface area (Å²) in [7, 11) is 1.99. The lowest BCUT2D eigenvalue weighted by molar-refractivity contribution is -0.138. The van der Waals surface area contributed by atoms with Crippen molar-refractivity contribution >= 4 is 22.8 Å². The van der Waals surface area contributed by atoms with Crippen molar-refractivity contribution in [1.29, 1.82) is 0 Å². The van der Waals surface area contributed by atoms with Crippen molar-refractivity contribution in [1.82, 2.24) is 29.7 Å². The molecular formula is C26H26F3N7O2. The zero-order valence-electron chi connectivity index (χ0n) is 20.8. The number of aromatic amines is 1. The van der Waals surface area contributed by atoms with Gasteiger partial charge in [0.25, 0.3) is 5.91 Å². The highest BCUT2D eigenvalue weighted by Crippen LogP contribution is 2.34. The molecule has 0 radical (unpaired) electrons. The van der Waals surface area contributed by atoms with E-state index < -0.39 is 17.6 Å². The van der Waals surface area contributed by atoms with Crippen LogP contribution in [0.25, 0.3) is 11.2 Å². The van der Waals surface area contributed by atoms with Crippen LogP contribution in [0.15, 0.2) is 48.8 Å². The molecule has 2 N–H and O–H groups in total. The summed E-state index contributed by atoms with van der Waals surface area (Å²) >= 11 is 0. The van der Waals surface area contributed by atoms with E-state index in [-0.39, 0.29) is 23.6 Å². The number of nitrogens with one attached hydrogen (secondary N) is 2. The first-order valence-corrected chi connectivity index (χ1v) is 12.0.